The fraction of sp³-hybridized carbons (Fsp3) is 0.548. The summed E-state index contributed by atoms with van der Waals surface area (Å²) in [6, 6.07) is 22.3. The first-order chi connectivity index (χ1) is 36.7. The van der Waals surface area contributed by atoms with Gasteiger partial charge in [0.15, 0.2) is 0 Å². The Bertz CT molecular complexity index is 2440. The summed E-state index contributed by atoms with van der Waals surface area (Å²) in [5.74, 6) is 0.775. The van der Waals surface area contributed by atoms with Gasteiger partial charge < -0.3 is 40.9 Å². The topological polar surface area (TPSA) is 129 Å². The van der Waals surface area contributed by atoms with Crippen molar-refractivity contribution in [2.24, 2.45) is 11.8 Å². The summed E-state index contributed by atoms with van der Waals surface area (Å²) in [5, 5.41) is 18.8. The molecule has 0 saturated carbocycles. The van der Waals surface area contributed by atoms with Crippen LogP contribution in [0.4, 0.5) is 0 Å². The average Bonchev–Trinajstić information content (AvgIpc) is 3.68. The Hall–Kier alpha value is -4.82. The van der Waals surface area contributed by atoms with Crippen molar-refractivity contribution in [1.29, 1.82) is 0 Å². The number of hydrogen-bond acceptors (Lipinski definition) is 8. The molecule has 4 amide bonds. The van der Waals surface area contributed by atoms with Gasteiger partial charge in [0, 0.05) is 85.6 Å². The first kappa shape index (κ1) is 58.9. The molecule has 412 valence electrons. The molecule has 0 aliphatic carbocycles. The number of carbonyl (C=O) groups is 4. The van der Waals surface area contributed by atoms with Crippen LogP contribution in [0.15, 0.2) is 97.1 Å². The van der Waals surface area contributed by atoms with Crippen LogP contribution >= 0.6 is 23.2 Å². The molecule has 4 saturated heterocycles. The van der Waals surface area contributed by atoms with Gasteiger partial charge in [-0.2, -0.15) is 0 Å². The summed E-state index contributed by atoms with van der Waals surface area (Å²) in [6.07, 6.45) is 12.7. The van der Waals surface area contributed by atoms with Crippen LogP contribution in [0, 0.1) is 11.8 Å². The highest BCUT2D eigenvalue weighted by Gasteiger charge is 2.34. The van der Waals surface area contributed by atoms with Gasteiger partial charge in [0.05, 0.1) is 12.1 Å². The van der Waals surface area contributed by atoms with Crippen LogP contribution in [0.1, 0.15) is 125 Å². The molecule has 12 nitrogen and oxygen atoms in total. The molecular formula is C62H86Cl2N8O4. The fourth-order valence-corrected chi connectivity index (χ4v) is 11.8. The largest absolute Gasteiger partial charge is 0.350 e. The number of halogens is 2. The van der Waals surface area contributed by atoms with E-state index in [0.29, 0.717) is 72.3 Å². The first-order valence-electron chi connectivity index (χ1n) is 28.5. The highest BCUT2D eigenvalue weighted by Crippen LogP contribution is 2.25. The lowest BCUT2D eigenvalue weighted by Gasteiger charge is -2.31. The minimum Gasteiger partial charge on any atom is -0.350 e. The van der Waals surface area contributed by atoms with Crippen molar-refractivity contribution in [3.05, 3.63) is 118 Å². The second kappa shape index (κ2) is 29.2. The predicted molar refractivity (Wildman–Crippen MR) is 313 cm³/mol. The molecule has 14 heteroatoms. The zero-order valence-electron chi connectivity index (χ0n) is 46.0. The van der Waals surface area contributed by atoms with Crippen molar-refractivity contribution in [1.82, 2.24) is 40.9 Å². The van der Waals surface area contributed by atoms with E-state index in [1.165, 1.54) is 38.5 Å². The Morgan fingerprint density at radius 1 is 0.566 bits per heavy atom. The molecule has 6 atom stereocenters. The van der Waals surface area contributed by atoms with Gasteiger partial charge in [-0.25, -0.2) is 0 Å². The first-order valence-corrected chi connectivity index (χ1v) is 29.2. The molecular weight excluding hydrogens is 992 g/mol. The summed E-state index contributed by atoms with van der Waals surface area (Å²) < 4.78 is 0. The smallest absolute Gasteiger partial charge is 0.251 e. The molecule has 4 aromatic carbocycles. The Balaban J connectivity index is 0.000000221. The number of likely N-dealkylation sites (tertiary alicyclic amines) is 2. The van der Waals surface area contributed by atoms with Crippen molar-refractivity contribution in [3.8, 4) is 0 Å². The van der Waals surface area contributed by atoms with Gasteiger partial charge in [0.1, 0.15) is 0 Å². The van der Waals surface area contributed by atoms with E-state index in [4.69, 9.17) is 23.2 Å². The summed E-state index contributed by atoms with van der Waals surface area (Å²) in [4.78, 5) is 62.4. The van der Waals surface area contributed by atoms with E-state index in [1.807, 2.05) is 82.6 Å². The minimum atomic E-state index is -0.241. The van der Waals surface area contributed by atoms with Crippen molar-refractivity contribution >= 4 is 68.4 Å². The monoisotopic (exact) mass is 1080 g/mol. The maximum absolute atomic E-state index is 13.7. The minimum absolute atomic E-state index is 0.0309. The van der Waals surface area contributed by atoms with Gasteiger partial charge in [-0.3, -0.25) is 19.2 Å². The van der Waals surface area contributed by atoms with E-state index in [1.54, 1.807) is 0 Å². The second-order valence-corrected chi connectivity index (χ2v) is 23.0. The lowest BCUT2D eigenvalue weighted by atomic mass is 9.98. The number of nitrogens with zero attached hydrogens (tertiary/aromatic N) is 4. The van der Waals surface area contributed by atoms with E-state index < -0.39 is 0 Å². The molecule has 4 aliphatic heterocycles. The number of hydrogen-bond donors (Lipinski definition) is 4. The molecule has 0 bridgehead atoms. The van der Waals surface area contributed by atoms with Crippen molar-refractivity contribution in [2.75, 3.05) is 78.5 Å². The van der Waals surface area contributed by atoms with Gasteiger partial charge >= 0.3 is 0 Å². The van der Waals surface area contributed by atoms with Crippen LogP contribution in [0.3, 0.4) is 0 Å². The molecule has 4 aliphatic rings. The quantitative estimate of drug-likeness (QED) is 0.0644. The number of rotatable bonds is 20. The maximum atomic E-state index is 13.7. The second-order valence-electron chi connectivity index (χ2n) is 22.1. The lowest BCUT2D eigenvalue weighted by molar-refractivity contribution is -0.134. The lowest BCUT2D eigenvalue weighted by Crippen LogP contribution is -2.50. The number of nitrogens with one attached hydrogen (secondary N) is 4. The summed E-state index contributed by atoms with van der Waals surface area (Å²) in [6.45, 7) is 26.9. The van der Waals surface area contributed by atoms with Crippen molar-refractivity contribution < 1.29 is 19.2 Å². The maximum Gasteiger partial charge on any atom is 0.251 e. The van der Waals surface area contributed by atoms with E-state index >= 15 is 0 Å². The van der Waals surface area contributed by atoms with Gasteiger partial charge in [-0.05, 0) is 186 Å². The number of amides is 4. The van der Waals surface area contributed by atoms with Gasteiger partial charge in [0.25, 0.3) is 11.8 Å². The van der Waals surface area contributed by atoms with Gasteiger partial charge in [-0.15, -0.1) is 0 Å². The molecule has 0 spiro atoms. The third kappa shape index (κ3) is 17.1. The Morgan fingerprint density at radius 2 is 0.934 bits per heavy atom. The van der Waals surface area contributed by atoms with E-state index in [-0.39, 0.29) is 47.8 Å². The molecule has 0 aromatic heterocycles. The normalized spacial score (nSPS) is 21.8. The average molecular weight is 1080 g/mol. The fourth-order valence-electron chi connectivity index (χ4n) is 11.4. The van der Waals surface area contributed by atoms with Crippen LogP contribution in [-0.4, -0.2) is 146 Å². The van der Waals surface area contributed by atoms with Crippen LogP contribution in [0.5, 0.6) is 0 Å². The molecule has 4 aromatic rings. The molecule has 4 N–H and O–H groups in total. The molecule has 0 radical (unpaired) electrons. The molecule has 4 fully saturated rings. The van der Waals surface area contributed by atoms with E-state index in [0.717, 1.165) is 110 Å². The zero-order valence-corrected chi connectivity index (χ0v) is 47.5. The number of fused-ring (bicyclic) bond motifs is 2. The summed E-state index contributed by atoms with van der Waals surface area (Å²) in [5.41, 5.74) is 3.51. The van der Waals surface area contributed by atoms with Crippen molar-refractivity contribution in [2.45, 2.75) is 129 Å². The van der Waals surface area contributed by atoms with Crippen LogP contribution in [0.25, 0.3) is 21.5 Å². The Morgan fingerprint density at radius 3 is 1.30 bits per heavy atom. The molecule has 8 rings (SSSR count). The van der Waals surface area contributed by atoms with Gasteiger partial charge in [0.2, 0.25) is 11.8 Å². The number of benzene rings is 4. The van der Waals surface area contributed by atoms with Crippen LogP contribution in [0.2, 0.25) is 10.0 Å². The Kier molecular flexibility index (Phi) is 22.6. The van der Waals surface area contributed by atoms with Crippen molar-refractivity contribution in [3.63, 3.8) is 0 Å². The highest BCUT2D eigenvalue weighted by atomic mass is 35.5. The number of piperidine rings is 2. The van der Waals surface area contributed by atoms with Crippen LogP contribution in [-0.2, 0) is 9.59 Å². The Labute approximate surface area is 463 Å². The number of carbonyl (C=O) groups excluding carboxylic acids is 4. The van der Waals surface area contributed by atoms with Gasteiger partial charge in [-0.1, -0.05) is 98.5 Å². The van der Waals surface area contributed by atoms with E-state index in [9.17, 15) is 19.2 Å². The zero-order chi connectivity index (χ0) is 54.1. The summed E-state index contributed by atoms with van der Waals surface area (Å²) >= 11 is 12.2. The third-order valence-electron chi connectivity index (χ3n) is 16.4. The summed E-state index contributed by atoms with van der Waals surface area (Å²) in [7, 11) is 0. The SMILES string of the molecule is C=C(C)[C@@H](CC)CN1CC[C@@H](CNC(=O)c2ccc3cc(Cl)ccc3c2)N[C@@H](CCN2CCCCC2)C1=O.C=C(C)[C@H](CC)CN1CC[C@@H](CNC(=O)c2ccc3cc(Cl)ccc3c2)N[C@@H](CCN2CCCCC2)C1=O. The van der Waals surface area contributed by atoms with E-state index in [2.05, 4.69) is 71.9 Å². The standard InChI is InChI=1S/2C31H43ClN4O2/c2*1-4-23(22(2)3)21-36-17-12-28(34-29(31(36)38)13-16-35-14-6-5-7-15-35)20-33-30(37)26-9-8-25-19-27(32)11-10-24(25)18-26/h2*8-11,18-19,23,28-29,34H,2,4-7,12-17,20-21H2,1,3H3,(H,33,37)/t23-,28+,29+;23-,28-,29-/m10/s1. The van der Waals surface area contributed by atoms with Crippen LogP contribution < -0.4 is 21.3 Å². The third-order valence-corrected chi connectivity index (χ3v) is 16.8. The molecule has 0 unspecified atom stereocenters. The molecule has 76 heavy (non-hydrogen) atoms. The highest BCUT2D eigenvalue weighted by molar-refractivity contribution is 6.31. The predicted octanol–water partition coefficient (Wildman–Crippen LogP) is 10.5. The molecule has 4 heterocycles.